The molecule has 0 N–H and O–H groups in total. The van der Waals surface area contributed by atoms with E-state index >= 15 is 0 Å². The van der Waals surface area contributed by atoms with Crippen LogP contribution in [0.3, 0.4) is 0 Å². The molecule has 0 radical (unpaired) electrons. The van der Waals surface area contributed by atoms with Crippen molar-refractivity contribution in [1.82, 2.24) is 0 Å². The average molecular weight is 272 g/mol. The van der Waals surface area contributed by atoms with Gasteiger partial charge in [0.15, 0.2) is 0 Å². The third kappa shape index (κ3) is 6.19. The molecule has 2 heteroatoms. The summed E-state index contributed by atoms with van der Waals surface area (Å²) in [7, 11) is 0. The molecule has 0 saturated carbocycles. The predicted molar refractivity (Wildman–Crippen MR) is 85.3 cm³/mol. The molecule has 0 bridgehead atoms. The maximum Gasteiger partial charge on any atom is 0.343 e. The highest BCUT2D eigenvalue weighted by Crippen LogP contribution is 2.14. The Morgan fingerprint density at radius 1 is 0.850 bits per heavy atom. The van der Waals surface area contributed by atoms with Crippen LogP contribution in [-0.2, 0) is 0 Å². The van der Waals surface area contributed by atoms with Crippen molar-refractivity contribution in [2.45, 2.75) is 34.6 Å². The molecule has 108 valence electrons. The highest BCUT2D eigenvalue weighted by molar-refractivity contribution is 5.90. The first-order valence-electron chi connectivity index (χ1n) is 7.09. The van der Waals surface area contributed by atoms with Gasteiger partial charge in [-0.1, -0.05) is 58.0 Å². The van der Waals surface area contributed by atoms with Crippen molar-refractivity contribution >= 4 is 5.97 Å². The van der Waals surface area contributed by atoms with Crippen LogP contribution in [0, 0.1) is 6.92 Å². The van der Waals surface area contributed by atoms with Gasteiger partial charge in [-0.2, -0.15) is 0 Å². The van der Waals surface area contributed by atoms with E-state index in [2.05, 4.69) is 0 Å². The summed E-state index contributed by atoms with van der Waals surface area (Å²) in [6, 6.07) is 16.4. The van der Waals surface area contributed by atoms with Crippen molar-refractivity contribution in [3.8, 4) is 5.75 Å². The molecule has 0 atom stereocenters. The number of esters is 1. The van der Waals surface area contributed by atoms with Gasteiger partial charge in [-0.3, -0.25) is 0 Å². The summed E-state index contributed by atoms with van der Waals surface area (Å²) in [5.41, 5.74) is 1.63. The van der Waals surface area contributed by atoms with E-state index in [1.165, 1.54) is 0 Å². The molecule has 0 amide bonds. The van der Waals surface area contributed by atoms with Crippen molar-refractivity contribution in [1.29, 1.82) is 0 Å². The average Bonchev–Trinajstić information content (AvgIpc) is 2.52. The number of carbonyl (C=O) groups is 1. The third-order valence-corrected chi connectivity index (χ3v) is 2.21. The van der Waals surface area contributed by atoms with E-state index < -0.39 is 0 Å². The second-order valence-corrected chi connectivity index (χ2v) is 3.57. The van der Waals surface area contributed by atoms with E-state index in [1.807, 2.05) is 71.0 Å². The molecule has 0 aliphatic rings. The lowest BCUT2D eigenvalue weighted by Gasteiger charge is -2.04. The van der Waals surface area contributed by atoms with Gasteiger partial charge in [-0.05, 0) is 36.8 Å². The summed E-state index contributed by atoms with van der Waals surface area (Å²) >= 11 is 0. The topological polar surface area (TPSA) is 26.3 Å². The molecule has 2 nitrogen and oxygen atoms in total. The van der Waals surface area contributed by atoms with Crippen LogP contribution in [0.2, 0.25) is 0 Å². The lowest BCUT2D eigenvalue weighted by Crippen LogP contribution is -2.07. The van der Waals surface area contributed by atoms with Gasteiger partial charge < -0.3 is 4.74 Å². The number of ether oxygens (including phenoxy) is 1. The van der Waals surface area contributed by atoms with Crippen LogP contribution in [0.25, 0.3) is 0 Å². The van der Waals surface area contributed by atoms with Crippen LogP contribution >= 0.6 is 0 Å². The lowest BCUT2D eigenvalue weighted by atomic mass is 10.2. The summed E-state index contributed by atoms with van der Waals surface area (Å²) in [4.78, 5) is 11.7. The SMILES string of the molecule is CC.CC.Cc1cccc(OC(=O)c2ccccc2)c1. The summed E-state index contributed by atoms with van der Waals surface area (Å²) in [6.45, 7) is 9.96. The lowest BCUT2D eigenvalue weighted by molar-refractivity contribution is 0.0734. The molecule has 0 aliphatic heterocycles. The molecule has 0 heterocycles. The largest absolute Gasteiger partial charge is 0.423 e. The number of hydrogen-bond acceptors (Lipinski definition) is 2. The molecule has 0 spiro atoms. The molecule has 2 aromatic rings. The molecule has 20 heavy (non-hydrogen) atoms. The Labute approximate surface area is 122 Å². The summed E-state index contributed by atoms with van der Waals surface area (Å²) < 4.78 is 5.24. The Kier molecular flexibility index (Phi) is 9.67. The first kappa shape index (κ1) is 17.9. The van der Waals surface area contributed by atoms with Crippen molar-refractivity contribution in [3.05, 3.63) is 65.7 Å². The van der Waals surface area contributed by atoms with Gasteiger partial charge in [0.1, 0.15) is 5.75 Å². The van der Waals surface area contributed by atoms with Crippen molar-refractivity contribution in [2.24, 2.45) is 0 Å². The smallest absolute Gasteiger partial charge is 0.343 e. The zero-order valence-electron chi connectivity index (χ0n) is 13.0. The van der Waals surface area contributed by atoms with Gasteiger partial charge >= 0.3 is 5.97 Å². The quantitative estimate of drug-likeness (QED) is 0.550. The van der Waals surface area contributed by atoms with Crippen LogP contribution in [0.15, 0.2) is 54.6 Å². The van der Waals surface area contributed by atoms with Gasteiger partial charge in [0.25, 0.3) is 0 Å². The van der Waals surface area contributed by atoms with E-state index in [4.69, 9.17) is 4.74 Å². The first-order chi connectivity index (χ1) is 9.75. The predicted octanol–water partition coefficient (Wildman–Crippen LogP) is 5.27. The zero-order valence-corrected chi connectivity index (χ0v) is 13.0. The van der Waals surface area contributed by atoms with Gasteiger partial charge in [0.05, 0.1) is 5.56 Å². The van der Waals surface area contributed by atoms with Gasteiger partial charge in [0.2, 0.25) is 0 Å². The number of hydrogen-bond donors (Lipinski definition) is 0. The molecule has 0 saturated heterocycles. The first-order valence-corrected chi connectivity index (χ1v) is 7.09. The number of carbonyl (C=O) groups excluding carboxylic acids is 1. The molecule has 0 fully saturated rings. The highest BCUT2D eigenvalue weighted by atomic mass is 16.5. The maximum atomic E-state index is 11.7. The Bertz CT molecular complexity index is 490. The minimum atomic E-state index is -0.328. The molecule has 2 aromatic carbocycles. The second kappa shape index (κ2) is 10.8. The zero-order chi connectivity index (χ0) is 15.4. The third-order valence-electron chi connectivity index (χ3n) is 2.21. The molecule has 0 unspecified atom stereocenters. The summed E-state index contributed by atoms with van der Waals surface area (Å²) in [5.74, 6) is 0.250. The Morgan fingerprint density at radius 2 is 1.45 bits per heavy atom. The fourth-order valence-electron chi connectivity index (χ4n) is 1.42. The van der Waals surface area contributed by atoms with Gasteiger partial charge in [0, 0.05) is 0 Å². The molecule has 0 aromatic heterocycles. The molecule has 2 rings (SSSR count). The summed E-state index contributed by atoms with van der Waals surface area (Å²) in [6.07, 6.45) is 0. The minimum absolute atomic E-state index is 0.328. The van der Waals surface area contributed by atoms with Crippen LogP contribution in [-0.4, -0.2) is 5.97 Å². The fourth-order valence-corrected chi connectivity index (χ4v) is 1.42. The highest BCUT2D eigenvalue weighted by Gasteiger charge is 2.06. The van der Waals surface area contributed by atoms with E-state index in [-0.39, 0.29) is 5.97 Å². The molecule has 0 aliphatic carbocycles. The van der Waals surface area contributed by atoms with Crippen LogP contribution in [0.5, 0.6) is 5.75 Å². The van der Waals surface area contributed by atoms with E-state index in [1.54, 1.807) is 18.2 Å². The van der Waals surface area contributed by atoms with Crippen LogP contribution in [0.4, 0.5) is 0 Å². The number of aryl methyl sites for hydroxylation is 1. The number of rotatable bonds is 2. The minimum Gasteiger partial charge on any atom is -0.423 e. The van der Waals surface area contributed by atoms with E-state index in [9.17, 15) is 4.79 Å². The van der Waals surface area contributed by atoms with Crippen molar-refractivity contribution in [3.63, 3.8) is 0 Å². The summed E-state index contributed by atoms with van der Waals surface area (Å²) in [5, 5.41) is 0. The Hall–Kier alpha value is -2.09. The van der Waals surface area contributed by atoms with E-state index in [0.717, 1.165) is 5.56 Å². The van der Waals surface area contributed by atoms with Crippen molar-refractivity contribution < 1.29 is 9.53 Å². The maximum absolute atomic E-state index is 11.7. The fraction of sp³-hybridized carbons (Fsp3) is 0.278. The van der Waals surface area contributed by atoms with Gasteiger partial charge in [-0.25, -0.2) is 4.79 Å². The molecular weight excluding hydrogens is 248 g/mol. The standard InChI is InChI=1S/C14H12O2.2C2H6/c1-11-6-5-9-13(10-11)16-14(15)12-7-3-2-4-8-12;2*1-2/h2-10H,1H3;2*1-2H3. The number of benzene rings is 2. The Morgan fingerprint density at radius 3 is 2.00 bits per heavy atom. The second-order valence-electron chi connectivity index (χ2n) is 3.57. The van der Waals surface area contributed by atoms with Crippen LogP contribution in [0.1, 0.15) is 43.6 Å². The molecular formula is C18H24O2. The normalized spacial score (nSPS) is 8.45. The van der Waals surface area contributed by atoms with Crippen LogP contribution < -0.4 is 4.74 Å². The monoisotopic (exact) mass is 272 g/mol. The van der Waals surface area contributed by atoms with Gasteiger partial charge in [-0.15, -0.1) is 0 Å². The van der Waals surface area contributed by atoms with E-state index in [0.29, 0.717) is 11.3 Å². The Balaban J connectivity index is 0.000000829. The van der Waals surface area contributed by atoms with Crippen molar-refractivity contribution in [2.75, 3.05) is 0 Å².